The molecule has 2 aromatic carbocycles. The quantitative estimate of drug-likeness (QED) is 0.414. The minimum atomic E-state index is -4.50. The van der Waals surface area contributed by atoms with Gasteiger partial charge in [-0.3, -0.25) is 4.90 Å². The summed E-state index contributed by atoms with van der Waals surface area (Å²) < 4.78 is 58.3. The first kappa shape index (κ1) is 24.7. The topological polar surface area (TPSA) is 27.7 Å². The fourth-order valence-corrected chi connectivity index (χ4v) is 3.84. The fraction of sp³-hybridized carbons (Fsp3) is 0.409. The molecule has 0 saturated carbocycles. The summed E-state index contributed by atoms with van der Waals surface area (Å²) in [5.41, 5.74) is -0.0456. The summed E-state index contributed by atoms with van der Waals surface area (Å²) in [5.74, 6) is -0.365. The zero-order valence-electron chi connectivity index (χ0n) is 17.3. The Labute approximate surface area is 195 Å². The molecule has 0 aliphatic carbocycles. The molecule has 0 unspecified atom stereocenters. The summed E-state index contributed by atoms with van der Waals surface area (Å²) >= 11 is 11.6. The van der Waals surface area contributed by atoms with E-state index in [0.717, 1.165) is 38.2 Å². The summed E-state index contributed by atoms with van der Waals surface area (Å²) in [6, 6.07) is 9.19. The van der Waals surface area contributed by atoms with Gasteiger partial charge in [0.1, 0.15) is 5.82 Å². The molecule has 0 bridgehead atoms. The van der Waals surface area contributed by atoms with Gasteiger partial charge in [-0.2, -0.15) is 13.2 Å². The van der Waals surface area contributed by atoms with Gasteiger partial charge >= 0.3 is 6.18 Å². The van der Waals surface area contributed by atoms with Crippen LogP contribution in [0, 0.1) is 5.82 Å². The van der Waals surface area contributed by atoms with Gasteiger partial charge in [0.25, 0.3) is 0 Å². The van der Waals surface area contributed by atoms with Crippen molar-refractivity contribution in [2.24, 2.45) is 0 Å². The zero-order valence-corrected chi connectivity index (χ0v) is 18.9. The van der Waals surface area contributed by atoms with E-state index in [9.17, 15) is 17.6 Å². The van der Waals surface area contributed by atoms with Crippen LogP contribution in [0.2, 0.25) is 5.02 Å². The molecule has 1 fully saturated rings. The molecule has 1 heterocycles. The normalized spacial score (nSPS) is 14.9. The van der Waals surface area contributed by atoms with E-state index in [4.69, 9.17) is 28.6 Å². The largest absolute Gasteiger partial charge is 0.416 e. The van der Waals surface area contributed by atoms with Gasteiger partial charge in [-0.05, 0) is 54.5 Å². The summed E-state index contributed by atoms with van der Waals surface area (Å²) in [5, 5.41) is 3.19. The van der Waals surface area contributed by atoms with Gasteiger partial charge in [0, 0.05) is 32.7 Å². The maximum atomic E-state index is 13.7. The van der Waals surface area contributed by atoms with Crippen LogP contribution in [-0.4, -0.2) is 54.3 Å². The third-order valence-corrected chi connectivity index (χ3v) is 5.78. The van der Waals surface area contributed by atoms with Gasteiger partial charge in [0.05, 0.1) is 29.5 Å². The highest BCUT2D eigenvalue weighted by Gasteiger charge is 2.31. The number of hydrogen-bond acceptors (Lipinski definition) is 3. The van der Waals surface area contributed by atoms with Crippen LogP contribution in [0.25, 0.3) is 0 Å². The minimum absolute atomic E-state index is 0.0731. The van der Waals surface area contributed by atoms with E-state index in [0.29, 0.717) is 31.9 Å². The van der Waals surface area contributed by atoms with Crippen LogP contribution in [0.5, 0.6) is 0 Å². The first-order valence-corrected chi connectivity index (χ1v) is 11.0. The fourth-order valence-electron chi connectivity index (χ4n) is 3.41. The van der Waals surface area contributed by atoms with Crippen LogP contribution in [0.4, 0.5) is 23.2 Å². The maximum Gasteiger partial charge on any atom is 0.416 e. The Kier molecular flexibility index (Phi) is 8.70. The van der Waals surface area contributed by atoms with E-state index in [1.807, 2.05) is 0 Å². The predicted molar refractivity (Wildman–Crippen MR) is 121 cm³/mol. The Morgan fingerprint density at radius 1 is 1.16 bits per heavy atom. The standard InChI is InChI=1S/C22H24ClF4N3OS/c23-19-6-5-17(22(25,26)27)14-20(19)28-21(32)30(15-16-3-1-4-18(24)13-16)8-2-7-29-9-11-31-12-10-29/h1,3-6,13-14H,2,7-12,15H2,(H,28,32). The molecule has 4 nitrogen and oxygen atoms in total. The van der Waals surface area contributed by atoms with Gasteiger partial charge < -0.3 is 15.0 Å². The number of thiocarbonyl (C=S) groups is 1. The van der Waals surface area contributed by atoms with E-state index < -0.39 is 11.7 Å². The second-order valence-corrected chi connectivity index (χ2v) is 8.28. The molecule has 0 amide bonds. The number of halogens is 5. The van der Waals surface area contributed by atoms with Crippen molar-refractivity contribution in [3.05, 3.63) is 64.4 Å². The van der Waals surface area contributed by atoms with Crippen LogP contribution >= 0.6 is 23.8 Å². The van der Waals surface area contributed by atoms with Crippen LogP contribution in [0.15, 0.2) is 42.5 Å². The summed E-state index contributed by atoms with van der Waals surface area (Å²) in [6.45, 7) is 4.77. The Morgan fingerprint density at radius 2 is 1.91 bits per heavy atom. The van der Waals surface area contributed by atoms with Crippen LogP contribution in [-0.2, 0) is 17.5 Å². The third kappa shape index (κ3) is 7.30. The molecule has 1 saturated heterocycles. The Morgan fingerprint density at radius 3 is 2.59 bits per heavy atom. The lowest BCUT2D eigenvalue weighted by atomic mass is 10.2. The minimum Gasteiger partial charge on any atom is -0.379 e. The number of hydrogen-bond donors (Lipinski definition) is 1. The smallest absolute Gasteiger partial charge is 0.379 e. The van der Waals surface area contributed by atoms with E-state index >= 15 is 0 Å². The number of benzene rings is 2. The van der Waals surface area contributed by atoms with Crippen molar-refractivity contribution in [2.45, 2.75) is 19.1 Å². The highest BCUT2D eigenvalue weighted by Crippen LogP contribution is 2.34. The molecule has 1 N–H and O–H groups in total. The number of morpholine rings is 1. The van der Waals surface area contributed by atoms with Gasteiger partial charge in [-0.25, -0.2) is 4.39 Å². The highest BCUT2D eigenvalue weighted by atomic mass is 35.5. The first-order chi connectivity index (χ1) is 15.2. The summed E-state index contributed by atoms with van der Waals surface area (Å²) in [7, 11) is 0. The van der Waals surface area contributed by atoms with Crippen LogP contribution < -0.4 is 5.32 Å². The van der Waals surface area contributed by atoms with E-state index in [2.05, 4.69) is 10.2 Å². The van der Waals surface area contributed by atoms with Crippen LogP contribution in [0.1, 0.15) is 17.5 Å². The number of nitrogens with zero attached hydrogens (tertiary/aromatic N) is 2. The molecule has 0 radical (unpaired) electrons. The Balaban J connectivity index is 1.71. The van der Waals surface area contributed by atoms with Crippen molar-refractivity contribution < 1.29 is 22.3 Å². The number of nitrogens with one attached hydrogen (secondary N) is 1. The van der Waals surface area contributed by atoms with Crippen molar-refractivity contribution in [3.8, 4) is 0 Å². The highest BCUT2D eigenvalue weighted by molar-refractivity contribution is 7.80. The van der Waals surface area contributed by atoms with Crippen molar-refractivity contribution in [1.82, 2.24) is 9.80 Å². The molecule has 32 heavy (non-hydrogen) atoms. The lowest BCUT2D eigenvalue weighted by molar-refractivity contribution is -0.137. The van der Waals surface area contributed by atoms with E-state index in [-0.39, 0.29) is 21.6 Å². The summed E-state index contributed by atoms with van der Waals surface area (Å²) in [4.78, 5) is 4.09. The first-order valence-electron chi connectivity index (χ1n) is 10.2. The maximum absolute atomic E-state index is 13.7. The number of alkyl halides is 3. The molecular formula is C22H24ClF4N3OS. The molecule has 2 aromatic rings. The van der Waals surface area contributed by atoms with Crippen molar-refractivity contribution in [2.75, 3.05) is 44.7 Å². The van der Waals surface area contributed by atoms with Crippen molar-refractivity contribution >= 4 is 34.6 Å². The number of anilines is 1. The average Bonchev–Trinajstić information content (AvgIpc) is 2.74. The lowest BCUT2D eigenvalue weighted by Crippen LogP contribution is -2.40. The lowest BCUT2D eigenvalue weighted by Gasteiger charge is -2.30. The van der Waals surface area contributed by atoms with Crippen molar-refractivity contribution in [3.63, 3.8) is 0 Å². The molecular weight excluding hydrogens is 466 g/mol. The monoisotopic (exact) mass is 489 g/mol. The third-order valence-electron chi connectivity index (χ3n) is 5.09. The SMILES string of the molecule is Fc1cccc(CN(CCCN2CCOCC2)C(=S)Nc2cc(C(F)(F)F)ccc2Cl)c1. The predicted octanol–water partition coefficient (Wildman–Crippen LogP) is 5.42. The molecule has 3 rings (SSSR count). The van der Waals surface area contributed by atoms with Gasteiger partial charge in [-0.1, -0.05) is 23.7 Å². The molecule has 0 atom stereocenters. The molecule has 0 spiro atoms. The molecule has 0 aromatic heterocycles. The zero-order chi connectivity index (χ0) is 23.1. The average molecular weight is 490 g/mol. The second kappa shape index (κ2) is 11.3. The molecule has 1 aliphatic heterocycles. The van der Waals surface area contributed by atoms with Crippen molar-refractivity contribution in [1.29, 1.82) is 0 Å². The Bertz CT molecular complexity index is 922. The molecule has 174 valence electrons. The van der Waals surface area contributed by atoms with Gasteiger partial charge in [-0.15, -0.1) is 0 Å². The van der Waals surface area contributed by atoms with Gasteiger partial charge in [0.2, 0.25) is 0 Å². The molecule has 1 aliphatic rings. The number of ether oxygens (including phenoxy) is 1. The van der Waals surface area contributed by atoms with Crippen LogP contribution in [0.3, 0.4) is 0 Å². The van der Waals surface area contributed by atoms with Gasteiger partial charge in [0.15, 0.2) is 5.11 Å². The number of rotatable bonds is 7. The molecule has 10 heteroatoms. The van der Waals surface area contributed by atoms with E-state index in [1.165, 1.54) is 18.2 Å². The second-order valence-electron chi connectivity index (χ2n) is 7.48. The summed E-state index contributed by atoms with van der Waals surface area (Å²) in [6.07, 6.45) is -3.73. The van der Waals surface area contributed by atoms with E-state index in [1.54, 1.807) is 17.0 Å². The Hall–Kier alpha value is -1.94.